The minimum Gasteiger partial charge on any atom is -0.314 e. The van der Waals surface area contributed by atoms with Crippen LogP contribution in [0.25, 0.3) is 0 Å². The fourth-order valence-corrected chi connectivity index (χ4v) is 4.09. The van der Waals surface area contributed by atoms with Gasteiger partial charge >= 0.3 is 0 Å². The van der Waals surface area contributed by atoms with Gasteiger partial charge in [-0.3, -0.25) is 0 Å². The molecule has 1 aromatic heterocycles. The number of aryl methyl sites for hydroxylation is 1. The minimum atomic E-state index is 0.776. The second kappa shape index (κ2) is 7.30. The Hall–Kier alpha value is -0.340. The van der Waals surface area contributed by atoms with Crippen LogP contribution in [-0.2, 0) is 6.42 Å². The summed E-state index contributed by atoms with van der Waals surface area (Å²) in [4.78, 5) is 1.56. The van der Waals surface area contributed by atoms with E-state index in [1.807, 2.05) is 11.3 Å². The molecule has 2 heteroatoms. The summed E-state index contributed by atoms with van der Waals surface area (Å²) in [7, 11) is 0. The van der Waals surface area contributed by atoms with Gasteiger partial charge in [0.2, 0.25) is 0 Å². The molecule has 0 spiro atoms. The van der Waals surface area contributed by atoms with Crippen LogP contribution in [0.1, 0.15) is 50.8 Å². The van der Waals surface area contributed by atoms with Crippen molar-refractivity contribution in [1.29, 1.82) is 0 Å². The molecular weight excluding hydrogens is 238 g/mol. The Labute approximate surface area is 116 Å². The molecule has 0 amide bonds. The van der Waals surface area contributed by atoms with E-state index in [1.165, 1.54) is 38.5 Å². The lowest BCUT2D eigenvalue weighted by Crippen LogP contribution is -2.40. The molecule has 0 aromatic carbocycles. The first-order valence-electron chi connectivity index (χ1n) is 7.59. The third-order valence-corrected chi connectivity index (χ3v) is 5.41. The van der Waals surface area contributed by atoms with Gasteiger partial charge in [-0.1, -0.05) is 26.3 Å². The van der Waals surface area contributed by atoms with Crippen molar-refractivity contribution in [2.24, 2.45) is 11.8 Å². The second-order valence-corrected chi connectivity index (χ2v) is 6.66. The summed E-state index contributed by atoms with van der Waals surface area (Å²) in [6.45, 7) is 5.72. The molecule has 1 aromatic rings. The third-order valence-electron chi connectivity index (χ3n) is 4.48. The van der Waals surface area contributed by atoms with Gasteiger partial charge in [-0.15, -0.1) is 11.3 Å². The van der Waals surface area contributed by atoms with Crippen molar-refractivity contribution in [3.05, 3.63) is 22.4 Å². The molecule has 1 saturated carbocycles. The van der Waals surface area contributed by atoms with Crippen molar-refractivity contribution >= 4 is 11.3 Å². The molecule has 3 unspecified atom stereocenters. The van der Waals surface area contributed by atoms with E-state index in [0.29, 0.717) is 0 Å². The quantitative estimate of drug-likeness (QED) is 0.799. The highest BCUT2D eigenvalue weighted by Crippen LogP contribution is 2.34. The average Bonchev–Trinajstić information content (AvgIpc) is 2.91. The van der Waals surface area contributed by atoms with Gasteiger partial charge in [-0.2, -0.15) is 0 Å². The maximum atomic E-state index is 3.71. The highest BCUT2D eigenvalue weighted by Gasteiger charge is 2.28. The number of hydrogen-bond donors (Lipinski definition) is 1. The largest absolute Gasteiger partial charge is 0.314 e. The fraction of sp³-hybridized carbons (Fsp3) is 0.750. The van der Waals surface area contributed by atoms with E-state index >= 15 is 0 Å². The van der Waals surface area contributed by atoms with E-state index in [4.69, 9.17) is 0 Å². The molecule has 1 heterocycles. The predicted molar refractivity (Wildman–Crippen MR) is 81.2 cm³/mol. The van der Waals surface area contributed by atoms with Crippen molar-refractivity contribution in [3.63, 3.8) is 0 Å². The third kappa shape index (κ3) is 3.83. The van der Waals surface area contributed by atoms with Crippen LogP contribution in [0.4, 0.5) is 0 Å². The summed E-state index contributed by atoms with van der Waals surface area (Å²) in [6, 6.07) is 5.24. The van der Waals surface area contributed by atoms with Crippen molar-refractivity contribution in [2.45, 2.75) is 58.4 Å². The molecule has 3 atom stereocenters. The lowest BCUT2D eigenvalue weighted by atomic mass is 9.75. The molecule has 102 valence electrons. The molecule has 1 fully saturated rings. The molecule has 1 aliphatic rings. The van der Waals surface area contributed by atoms with E-state index in [2.05, 4.69) is 36.7 Å². The number of rotatable bonds is 6. The van der Waals surface area contributed by atoms with Gasteiger partial charge in [-0.25, -0.2) is 0 Å². The molecule has 0 aliphatic heterocycles. The standard InChI is InChI=1S/C16H27NS/c1-3-13-7-10-16(17-4-2)14(12-13)8-9-15-6-5-11-18-15/h5-6,11,13-14,16-17H,3-4,7-10,12H2,1-2H3. The van der Waals surface area contributed by atoms with Crippen molar-refractivity contribution < 1.29 is 0 Å². The summed E-state index contributed by atoms with van der Waals surface area (Å²) in [5.41, 5.74) is 0. The lowest BCUT2D eigenvalue weighted by molar-refractivity contribution is 0.192. The number of nitrogens with one attached hydrogen (secondary N) is 1. The summed E-state index contributed by atoms with van der Waals surface area (Å²) < 4.78 is 0. The monoisotopic (exact) mass is 265 g/mol. The van der Waals surface area contributed by atoms with Crippen LogP contribution >= 0.6 is 11.3 Å². The van der Waals surface area contributed by atoms with E-state index in [0.717, 1.165) is 24.4 Å². The van der Waals surface area contributed by atoms with Crippen LogP contribution in [-0.4, -0.2) is 12.6 Å². The van der Waals surface area contributed by atoms with Gasteiger partial charge in [0.25, 0.3) is 0 Å². The van der Waals surface area contributed by atoms with Crippen LogP contribution in [0.15, 0.2) is 17.5 Å². The highest BCUT2D eigenvalue weighted by atomic mass is 32.1. The predicted octanol–water partition coefficient (Wildman–Crippen LogP) is 4.49. The maximum absolute atomic E-state index is 3.71. The SMILES string of the molecule is CCNC1CCC(CC)CC1CCc1cccs1. The zero-order valence-corrected chi connectivity index (χ0v) is 12.6. The van der Waals surface area contributed by atoms with Crippen LogP contribution in [0.3, 0.4) is 0 Å². The second-order valence-electron chi connectivity index (χ2n) is 5.63. The molecule has 1 N–H and O–H groups in total. The van der Waals surface area contributed by atoms with Gasteiger partial charge in [0.15, 0.2) is 0 Å². The summed E-state index contributed by atoms with van der Waals surface area (Å²) in [5, 5.41) is 5.91. The molecule has 0 bridgehead atoms. The first kappa shape index (κ1) is 14.1. The Bertz CT molecular complexity index is 320. The smallest absolute Gasteiger partial charge is 0.00955 e. The maximum Gasteiger partial charge on any atom is 0.00955 e. The summed E-state index contributed by atoms with van der Waals surface area (Å²) in [6.07, 6.45) is 8.29. The van der Waals surface area contributed by atoms with Crippen molar-refractivity contribution in [1.82, 2.24) is 5.32 Å². The van der Waals surface area contributed by atoms with Crippen LogP contribution in [0.2, 0.25) is 0 Å². The molecular formula is C16H27NS. The van der Waals surface area contributed by atoms with Crippen LogP contribution in [0.5, 0.6) is 0 Å². The first-order valence-corrected chi connectivity index (χ1v) is 8.47. The molecule has 0 radical (unpaired) electrons. The topological polar surface area (TPSA) is 12.0 Å². The fourth-order valence-electron chi connectivity index (χ4n) is 3.36. The Balaban J connectivity index is 1.87. The number of hydrogen-bond acceptors (Lipinski definition) is 2. The van der Waals surface area contributed by atoms with Gasteiger partial charge in [0.1, 0.15) is 0 Å². The van der Waals surface area contributed by atoms with Crippen LogP contribution < -0.4 is 5.32 Å². The Morgan fingerprint density at radius 1 is 1.33 bits per heavy atom. The van der Waals surface area contributed by atoms with E-state index < -0.39 is 0 Å². The lowest BCUT2D eigenvalue weighted by Gasteiger charge is -2.36. The highest BCUT2D eigenvalue weighted by molar-refractivity contribution is 7.09. The van der Waals surface area contributed by atoms with E-state index in [-0.39, 0.29) is 0 Å². The molecule has 2 rings (SSSR count). The normalized spacial score (nSPS) is 28.4. The molecule has 18 heavy (non-hydrogen) atoms. The Morgan fingerprint density at radius 3 is 2.89 bits per heavy atom. The molecule has 0 saturated heterocycles. The zero-order chi connectivity index (χ0) is 12.8. The summed E-state index contributed by atoms with van der Waals surface area (Å²) in [5.74, 6) is 1.87. The van der Waals surface area contributed by atoms with Crippen molar-refractivity contribution in [2.75, 3.05) is 6.54 Å². The van der Waals surface area contributed by atoms with Gasteiger partial charge in [0, 0.05) is 10.9 Å². The first-order chi connectivity index (χ1) is 8.83. The Kier molecular flexibility index (Phi) is 5.71. The molecule has 1 aliphatic carbocycles. The van der Waals surface area contributed by atoms with Crippen LogP contribution in [0, 0.1) is 11.8 Å². The minimum absolute atomic E-state index is 0.776. The van der Waals surface area contributed by atoms with Gasteiger partial charge in [-0.05, 0) is 61.9 Å². The van der Waals surface area contributed by atoms with Gasteiger partial charge in [0.05, 0.1) is 0 Å². The number of thiophene rings is 1. The van der Waals surface area contributed by atoms with Gasteiger partial charge < -0.3 is 5.32 Å². The average molecular weight is 265 g/mol. The van der Waals surface area contributed by atoms with E-state index in [1.54, 1.807) is 4.88 Å². The van der Waals surface area contributed by atoms with E-state index in [9.17, 15) is 0 Å². The summed E-state index contributed by atoms with van der Waals surface area (Å²) >= 11 is 1.91. The molecule has 1 nitrogen and oxygen atoms in total. The Morgan fingerprint density at radius 2 is 2.22 bits per heavy atom. The van der Waals surface area contributed by atoms with Crippen molar-refractivity contribution in [3.8, 4) is 0 Å². The zero-order valence-electron chi connectivity index (χ0n) is 11.8.